The Kier molecular flexibility index (Phi) is 8.78. The van der Waals surface area contributed by atoms with Gasteiger partial charge in [0.05, 0.1) is 0 Å². The largest absolute Gasteiger partial charge is 0.573 e. The fourth-order valence-corrected chi connectivity index (χ4v) is 3.39. The molecule has 8 heteroatoms. The molecule has 2 atom stereocenters. The van der Waals surface area contributed by atoms with Gasteiger partial charge in [-0.15, -0.1) is 13.2 Å². The van der Waals surface area contributed by atoms with E-state index in [-0.39, 0.29) is 30.5 Å². The molecule has 2 rings (SSSR count). The third-order valence-electron chi connectivity index (χ3n) is 4.83. The number of carbonyl (C=O) groups excluding carboxylic acids is 3. The van der Waals surface area contributed by atoms with E-state index in [9.17, 15) is 27.6 Å². The highest BCUT2D eigenvalue weighted by molar-refractivity contribution is 5.94. The third kappa shape index (κ3) is 7.24. The Bertz CT molecular complexity index is 864. The lowest BCUT2D eigenvalue weighted by molar-refractivity contribution is -0.274. The lowest BCUT2D eigenvalue weighted by Crippen LogP contribution is -2.24. The van der Waals surface area contributed by atoms with Crippen LogP contribution in [0.1, 0.15) is 59.5 Å². The van der Waals surface area contributed by atoms with E-state index in [1.807, 2.05) is 6.92 Å². The van der Waals surface area contributed by atoms with E-state index < -0.39 is 12.3 Å². The van der Waals surface area contributed by atoms with Crippen molar-refractivity contribution < 1.29 is 32.3 Å². The summed E-state index contributed by atoms with van der Waals surface area (Å²) in [4.78, 5) is 34.4. The minimum absolute atomic E-state index is 0.205. The van der Waals surface area contributed by atoms with Gasteiger partial charge in [-0.05, 0) is 47.7 Å². The van der Waals surface area contributed by atoms with Crippen molar-refractivity contribution in [3.63, 3.8) is 0 Å². The monoisotopic (exact) mass is 435 g/mol. The molecule has 0 aliphatic rings. The molecular formula is C23H24F3NO4. The van der Waals surface area contributed by atoms with E-state index in [2.05, 4.69) is 10.1 Å². The molecule has 2 aromatic rings. The zero-order chi connectivity index (χ0) is 22.9. The highest BCUT2D eigenvalue weighted by Gasteiger charge is 2.31. The average Bonchev–Trinajstić information content (AvgIpc) is 2.74. The van der Waals surface area contributed by atoms with Crippen LogP contribution in [0.4, 0.5) is 13.2 Å². The highest BCUT2D eigenvalue weighted by atomic mass is 19.4. The normalized spacial score (nSPS) is 13.2. The van der Waals surface area contributed by atoms with E-state index in [0.29, 0.717) is 17.5 Å². The summed E-state index contributed by atoms with van der Waals surface area (Å²) in [6.45, 7) is 2.23. The van der Waals surface area contributed by atoms with Crippen molar-refractivity contribution in [1.82, 2.24) is 5.32 Å². The summed E-state index contributed by atoms with van der Waals surface area (Å²) >= 11 is 0. The number of rotatable bonds is 11. The van der Waals surface area contributed by atoms with Crippen LogP contribution in [0.15, 0.2) is 48.5 Å². The van der Waals surface area contributed by atoms with Gasteiger partial charge in [0.1, 0.15) is 18.3 Å². The Labute approximate surface area is 178 Å². The molecule has 0 spiro atoms. The third-order valence-corrected chi connectivity index (χ3v) is 4.83. The molecule has 2 aromatic carbocycles. The molecule has 2 unspecified atom stereocenters. The van der Waals surface area contributed by atoms with Gasteiger partial charge in [0.2, 0.25) is 0 Å². The maximum Gasteiger partial charge on any atom is 0.573 e. The van der Waals surface area contributed by atoms with Crippen LogP contribution in [0.3, 0.4) is 0 Å². The number of halogens is 3. The van der Waals surface area contributed by atoms with Gasteiger partial charge >= 0.3 is 6.36 Å². The second kappa shape index (κ2) is 11.3. The standard InChI is InChI=1S/C23H24F3NO4/c1-2-4-20(16-5-7-18(8-6-16)22(30)27-13-3-14-28)21(15-29)17-9-11-19(12-10-17)31-23(24,25)26/h5-12,14-15,20-21H,2-4,13H2,1H3,(H,27,30). The molecule has 0 heterocycles. The highest BCUT2D eigenvalue weighted by Crippen LogP contribution is 2.36. The SMILES string of the molecule is CCCC(c1ccc(C(=O)NCCC=O)cc1)C(C=O)c1ccc(OC(F)(F)F)cc1. The van der Waals surface area contributed by atoms with Crippen molar-refractivity contribution in [3.05, 3.63) is 65.2 Å². The Morgan fingerprint density at radius 3 is 2.16 bits per heavy atom. The summed E-state index contributed by atoms with van der Waals surface area (Å²) in [5.74, 6) is -1.42. The van der Waals surface area contributed by atoms with Gasteiger partial charge in [-0.1, -0.05) is 37.6 Å². The van der Waals surface area contributed by atoms with Crippen LogP contribution in [0.25, 0.3) is 0 Å². The minimum Gasteiger partial charge on any atom is -0.406 e. The first-order chi connectivity index (χ1) is 14.8. The van der Waals surface area contributed by atoms with Crippen molar-refractivity contribution in [1.29, 1.82) is 0 Å². The smallest absolute Gasteiger partial charge is 0.406 e. The van der Waals surface area contributed by atoms with E-state index >= 15 is 0 Å². The van der Waals surface area contributed by atoms with Crippen LogP contribution in [0.5, 0.6) is 5.75 Å². The Balaban J connectivity index is 2.21. The molecule has 5 nitrogen and oxygen atoms in total. The van der Waals surface area contributed by atoms with Crippen molar-refractivity contribution in [2.45, 2.75) is 44.4 Å². The van der Waals surface area contributed by atoms with Gasteiger partial charge in [-0.2, -0.15) is 0 Å². The molecule has 1 amide bonds. The predicted octanol–water partition coefficient (Wildman–Crippen LogP) is 4.77. The zero-order valence-corrected chi connectivity index (χ0v) is 17.0. The number of benzene rings is 2. The molecule has 0 saturated carbocycles. The van der Waals surface area contributed by atoms with E-state index in [4.69, 9.17) is 0 Å². The first kappa shape index (κ1) is 24.1. The van der Waals surface area contributed by atoms with Gasteiger partial charge in [-0.3, -0.25) is 4.79 Å². The maximum absolute atomic E-state index is 12.4. The lowest BCUT2D eigenvalue weighted by atomic mass is 9.79. The van der Waals surface area contributed by atoms with Crippen molar-refractivity contribution in [2.75, 3.05) is 6.54 Å². The summed E-state index contributed by atoms with van der Waals surface area (Å²) in [6, 6.07) is 12.1. The molecule has 0 fully saturated rings. The molecule has 0 bridgehead atoms. The number of ether oxygens (including phenoxy) is 1. The molecule has 0 aromatic heterocycles. The van der Waals surface area contributed by atoms with Gasteiger partial charge in [0, 0.05) is 24.4 Å². The van der Waals surface area contributed by atoms with E-state index in [1.54, 1.807) is 24.3 Å². The molecular weight excluding hydrogens is 411 g/mol. The number of aldehydes is 2. The molecule has 0 aliphatic heterocycles. The van der Waals surface area contributed by atoms with Crippen LogP contribution >= 0.6 is 0 Å². The molecule has 1 N–H and O–H groups in total. The first-order valence-corrected chi connectivity index (χ1v) is 9.91. The Hall–Kier alpha value is -3.16. The van der Waals surface area contributed by atoms with Crippen LogP contribution in [-0.2, 0) is 9.59 Å². The van der Waals surface area contributed by atoms with E-state index in [1.165, 1.54) is 24.3 Å². The lowest BCUT2D eigenvalue weighted by Gasteiger charge is -2.24. The number of nitrogens with one attached hydrogen (secondary N) is 1. The number of amides is 1. The summed E-state index contributed by atoms with van der Waals surface area (Å²) in [7, 11) is 0. The molecule has 166 valence electrons. The second-order valence-corrected chi connectivity index (χ2v) is 7.01. The number of alkyl halides is 3. The van der Waals surface area contributed by atoms with Crippen LogP contribution in [0.2, 0.25) is 0 Å². The maximum atomic E-state index is 12.4. The zero-order valence-electron chi connectivity index (χ0n) is 17.0. The Morgan fingerprint density at radius 1 is 1.03 bits per heavy atom. The average molecular weight is 435 g/mol. The number of hydrogen-bond acceptors (Lipinski definition) is 4. The summed E-state index contributed by atoms with van der Waals surface area (Å²) in [5.41, 5.74) is 1.86. The topological polar surface area (TPSA) is 72.5 Å². The van der Waals surface area contributed by atoms with Crippen LogP contribution in [0, 0.1) is 0 Å². The molecule has 31 heavy (non-hydrogen) atoms. The molecule has 0 aliphatic carbocycles. The second-order valence-electron chi connectivity index (χ2n) is 7.01. The van der Waals surface area contributed by atoms with Gasteiger partial charge < -0.3 is 19.6 Å². The molecule has 0 radical (unpaired) electrons. The quantitative estimate of drug-likeness (QED) is 0.408. The van der Waals surface area contributed by atoms with Crippen molar-refractivity contribution >= 4 is 18.5 Å². The van der Waals surface area contributed by atoms with Crippen LogP contribution < -0.4 is 10.1 Å². The minimum atomic E-state index is -4.78. The summed E-state index contributed by atoms with van der Waals surface area (Å²) < 4.78 is 41.0. The fourth-order valence-electron chi connectivity index (χ4n) is 3.39. The van der Waals surface area contributed by atoms with E-state index in [0.717, 1.165) is 24.6 Å². The van der Waals surface area contributed by atoms with Crippen LogP contribution in [-0.4, -0.2) is 31.4 Å². The van der Waals surface area contributed by atoms with Gasteiger partial charge in [0.15, 0.2) is 0 Å². The Morgan fingerprint density at radius 2 is 1.65 bits per heavy atom. The number of carbonyl (C=O) groups is 3. The first-order valence-electron chi connectivity index (χ1n) is 9.91. The fraction of sp³-hybridized carbons (Fsp3) is 0.348. The van der Waals surface area contributed by atoms with Crippen molar-refractivity contribution in [3.8, 4) is 5.75 Å². The van der Waals surface area contributed by atoms with Gasteiger partial charge in [0.25, 0.3) is 5.91 Å². The van der Waals surface area contributed by atoms with Gasteiger partial charge in [-0.25, -0.2) is 0 Å². The summed E-state index contributed by atoms with van der Waals surface area (Å²) in [5, 5.41) is 2.64. The summed E-state index contributed by atoms with van der Waals surface area (Å²) in [6.07, 6.45) is -1.57. The predicted molar refractivity (Wildman–Crippen MR) is 109 cm³/mol. The van der Waals surface area contributed by atoms with Crippen molar-refractivity contribution in [2.24, 2.45) is 0 Å². The molecule has 0 saturated heterocycles. The number of hydrogen-bond donors (Lipinski definition) is 1.